The number of rotatable bonds is 4. The van der Waals surface area contributed by atoms with E-state index in [1.54, 1.807) is 19.1 Å². The van der Waals surface area contributed by atoms with Crippen molar-refractivity contribution >= 4 is 11.9 Å². The lowest BCUT2D eigenvalue weighted by Crippen LogP contribution is -2.29. The van der Waals surface area contributed by atoms with Gasteiger partial charge in [-0.3, -0.25) is 9.59 Å². The Kier molecular flexibility index (Phi) is 3.79. The highest BCUT2D eigenvalue weighted by Gasteiger charge is 2.43. The Morgan fingerprint density at radius 2 is 2.23 bits per heavy atom. The van der Waals surface area contributed by atoms with E-state index in [1.165, 1.54) is 7.11 Å². The molecule has 2 heterocycles. The predicted molar refractivity (Wildman–Crippen MR) is 75.0 cm³/mol. The number of fused-ring (bicyclic) bond motifs is 1. The predicted octanol–water partition coefficient (Wildman–Crippen LogP) is 0.817. The number of carbonyl (C=O) groups excluding carboxylic acids is 2. The van der Waals surface area contributed by atoms with Crippen LogP contribution in [0.1, 0.15) is 18.4 Å². The monoisotopic (exact) mass is 307 g/mol. The van der Waals surface area contributed by atoms with E-state index < -0.39 is 11.9 Å². The van der Waals surface area contributed by atoms with Gasteiger partial charge in [-0.05, 0) is 24.6 Å². The van der Waals surface area contributed by atoms with Crippen LogP contribution in [0.15, 0.2) is 12.1 Å². The maximum Gasteiger partial charge on any atom is 0.319 e. The minimum atomic E-state index is -0.856. The maximum absolute atomic E-state index is 12.1. The van der Waals surface area contributed by atoms with Crippen molar-refractivity contribution in [3.8, 4) is 17.2 Å². The highest BCUT2D eigenvalue weighted by atomic mass is 16.7. The molecule has 0 aliphatic carbocycles. The molecule has 1 saturated heterocycles. The van der Waals surface area contributed by atoms with Crippen LogP contribution >= 0.6 is 0 Å². The van der Waals surface area contributed by atoms with Gasteiger partial charge in [0.05, 0.1) is 13.7 Å². The Balaban J connectivity index is 1.96. The van der Waals surface area contributed by atoms with Crippen LogP contribution in [0.3, 0.4) is 0 Å². The molecule has 0 saturated carbocycles. The minimum absolute atomic E-state index is 0.123. The van der Waals surface area contributed by atoms with Crippen molar-refractivity contribution in [2.24, 2.45) is 5.92 Å². The van der Waals surface area contributed by atoms with Crippen LogP contribution in [0.5, 0.6) is 17.2 Å². The number of esters is 1. The van der Waals surface area contributed by atoms with Crippen molar-refractivity contribution in [2.45, 2.75) is 12.8 Å². The molecule has 0 radical (unpaired) electrons. The Morgan fingerprint density at radius 3 is 2.95 bits per heavy atom. The lowest BCUT2D eigenvalue weighted by molar-refractivity contribution is -0.151. The largest absolute Gasteiger partial charge is 0.493 e. The third-order valence-electron chi connectivity index (χ3n) is 3.83. The quantitative estimate of drug-likeness (QED) is 0.655. The third-order valence-corrected chi connectivity index (χ3v) is 3.83. The van der Waals surface area contributed by atoms with Gasteiger partial charge >= 0.3 is 5.97 Å². The summed E-state index contributed by atoms with van der Waals surface area (Å²) in [5.41, 5.74) is 0.775. The van der Waals surface area contributed by atoms with Crippen LogP contribution in [0.2, 0.25) is 0 Å². The molecule has 1 fully saturated rings. The fraction of sp³-hybridized carbons (Fsp3) is 0.467. The van der Waals surface area contributed by atoms with Crippen molar-refractivity contribution in [3.05, 3.63) is 17.7 Å². The van der Waals surface area contributed by atoms with E-state index in [1.807, 2.05) is 0 Å². The molecule has 1 aromatic rings. The van der Waals surface area contributed by atoms with Gasteiger partial charge < -0.3 is 24.3 Å². The second-order valence-electron chi connectivity index (χ2n) is 5.04. The highest BCUT2D eigenvalue weighted by molar-refractivity contribution is 6.00. The zero-order chi connectivity index (χ0) is 15.7. The zero-order valence-electron chi connectivity index (χ0n) is 12.4. The third kappa shape index (κ3) is 2.32. The molecule has 1 amide bonds. The summed E-state index contributed by atoms with van der Waals surface area (Å²) in [7, 11) is 1.53. The molecule has 0 aromatic heterocycles. The Labute approximate surface area is 127 Å². The Morgan fingerprint density at radius 1 is 1.41 bits per heavy atom. The van der Waals surface area contributed by atoms with E-state index in [4.69, 9.17) is 18.9 Å². The molecule has 0 spiro atoms. The molecule has 22 heavy (non-hydrogen) atoms. The van der Waals surface area contributed by atoms with Crippen LogP contribution in [0.4, 0.5) is 0 Å². The van der Waals surface area contributed by atoms with Gasteiger partial charge in [-0.1, -0.05) is 0 Å². The van der Waals surface area contributed by atoms with Crippen molar-refractivity contribution in [3.63, 3.8) is 0 Å². The van der Waals surface area contributed by atoms with Gasteiger partial charge in [0.2, 0.25) is 18.4 Å². The average Bonchev–Trinajstić information content (AvgIpc) is 3.12. The molecule has 1 aromatic carbocycles. The molecular formula is C15H17NO6. The topological polar surface area (TPSA) is 83.1 Å². The Bertz CT molecular complexity index is 614. The molecule has 2 atom stereocenters. The summed E-state index contributed by atoms with van der Waals surface area (Å²) in [6.07, 6.45) is 0. The van der Waals surface area contributed by atoms with Crippen LogP contribution in [-0.4, -0.2) is 38.9 Å². The molecule has 1 N–H and O–H groups in total. The molecular weight excluding hydrogens is 290 g/mol. The first-order chi connectivity index (χ1) is 10.7. The SMILES string of the molecule is CCOC(=O)[C@@H]1C(=O)NC[C@@H]1c1cc(OC)c2c(c1)OCO2. The molecule has 2 aliphatic heterocycles. The molecule has 2 aliphatic rings. The highest BCUT2D eigenvalue weighted by Crippen LogP contribution is 2.44. The first-order valence-corrected chi connectivity index (χ1v) is 7.07. The summed E-state index contributed by atoms with van der Waals surface area (Å²) < 4.78 is 21.0. The van der Waals surface area contributed by atoms with Gasteiger partial charge in [0, 0.05) is 12.5 Å². The van der Waals surface area contributed by atoms with Crippen LogP contribution < -0.4 is 19.5 Å². The number of ether oxygens (including phenoxy) is 4. The zero-order valence-corrected chi connectivity index (χ0v) is 12.4. The van der Waals surface area contributed by atoms with Crippen LogP contribution in [-0.2, 0) is 14.3 Å². The summed E-state index contributed by atoms with van der Waals surface area (Å²) >= 11 is 0. The molecule has 3 rings (SSSR count). The normalized spacial score (nSPS) is 22.4. The molecule has 0 bridgehead atoms. The van der Waals surface area contributed by atoms with Gasteiger partial charge in [-0.15, -0.1) is 0 Å². The molecule has 0 unspecified atom stereocenters. The number of nitrogens with one attached hydrogen (secondary N) is 1. The van der Waals surface area contributed by atoms with Gasteiger partial charge in [0.1, 0.15) is 5.92 Å². The fourth-order valence-electron chi connectivity index (χ4n) is 2.80. The second kappa shape index (κ2) is 5.75. The summed E-state index contributed by atoms with van der Waals surface area (Å²) in [5, 5.41) is 2.71. The lowest BCUT2D eigenvalue weighted by Gasteiger charge is -2.17. The standard InChI is InChI=1S/C15H17NO6/c1-3-20-15(18)12-9(6-16-14(12)17)8-4-10(19-2)13-11(5-8)21-7-22-13/h4-5,9,12H,3,6-7H2,1-2H3,(H,16,17)/t9-,12+/m1/s1. The van der Waals surface area contributed by atoms with Crippen LogP contribution in [0, 0.1) is 5.92 Å². The van der Waals surface area contributed by atoms with Crippen molar-refractivity contribution in [1.82, 2.24) is 5.32 Å². The molecule has 118 valence electrons. The maximum atomic E-state index is 12.1. The van der Waals surface area contributed by atoms with Crippen LogP contribution in [0.25, 0.3) is 0 Å². The van der Waals surface area contributed by atoms with Gasteiger partial charge in [0.25, 0.3) is 0 Å². The number of hydrogen-bond acceptors (Lipinski definition) is 6. The Hall–Kier alpha value is -2.44. The summed E-state index contributed by atoms with van der Waals surface area (Å²) in [6, 6.07) is 3.55. The van der Waals surface area contributed by atoms with Crippen molar-refractivity contribution < 1.29 is 28.5 Å². The van der Waals surface area contributed by atoms with E-state index in [9.17, 15) is 9.59 Å². The molecule has 7 heteroatoms. The second-order valence-corrected chi connectivity index (χ2v) is 5.04. The smallest absolute Gasteiger partial charge is 0.319 e. The number of carbonyl (C=O) groups is 2. The van der Waals surface area contributed by atoms with E-state index in [-0.39, 0.29) is 25.2 Å². The summed E-state index contributed by atoms with van der Waals surface area (Å²) in [6.45, 7) is 2.44. The van der Waals surface area contributed by atoms with Gasteiger partial charge in [0.15, 0.2) is 11.5 Å². The molecule has 7 nitrogen and oxygen atoms in total. The van der Waals surface area contributed by atoms with E-state index in [0.717, 1.165) is 5.56 Å². The first kappa shape index (κ1) is 14.5. The first-order valence-electron chi connectivity index (χ1n) is 7.07. The van der Waals surface area contributed by atoms with E-state index >= 15 is 0 Å². The number of methoxy groups -OCH3 is 1. The average molecular weight is 307 g/mol. The number of hydrogen-bond donors (Lipinski definition) is 1. The lowest BCUT2D eigenvalue weighted by atomic mass is 9.88. The number of benzene rings is 1. The fourth-order valence-corrected chi connectivity index (χ4v) is 2.80. The minimum Gasteiger partial charge on any atom is -0.493 e. The van der Waals surface area contributed by atoms with E-state index in [0.29, 0.717) is 23.8 Å². The number of amides is 1. The van der Waals surface area contributed by atoms with Crippen molar-refractivity contribution in [2.75, 3.05) is 27.1 Å². The van der Waals surface area contributed by atoms with Gasteiger partial charge in [-0.25, -0.2) is 0 Å². The summed E-state index contributed by atoms with van der Waals surface area (Å²) in [4.78, 5) is 24.0. The summed E-state index contributed by atoms with van der Waals surface area (Å²) in [5.74, 6) is -0.404. The van der Waals surface area contributed by atoms with Gasteiger partial charge in [-0.2, -0.15) is 0 Å². The van der Waals surface area contributed by atoms with Crippen molar-refractivity contribution in [1.29, 1.82) is 0 Å². The van der Waals surface area contributed by atoms with E-state index in [2.05, 4.69) is 5.32 Å².